The summed E-state index contributed by atoms with van der Waals surface area (Å²) >= 11 is 0. The van der Waals surface area contributed by atoms with E-state index in [1.54, 1.807) is 13.8 Å². The maximum Gasteiger partial charge on any atom is 0.223 e. The van der Waals surface area contributed by atoms with Crippen LogP contribution in [0.15, 0.2) is 4.42 Å². The maximum atomic E-state index is 10.5. The van der Waals surface area contributed by atoms with E-state index in [0.29, 0.717) is 17.3 Å². The molecule has 11 heavy (non-hydrogen) atoms. The quantitative estimate of drug-likeness (QED) is 0.666. The van der Waals surface area contributed by atoms with Crippen molar-refractivity contribution >= 4 is 5.91 Å². The molecule has 0 aliphatic rings. The van der Waals surface area contributed by atoms with Gasteiger partial charge in [-0.05, 0) is 6.92 Å². The van der Waals surface area contributed by atoms with E-state index in [9.17, 15) is 4.79 Å². The standard InChI is InChI=1S/C7H10N2O2/c1-4-6(3-7(8)10)9-5(2)11-4/h3H2,1-2H3,(H2,8,10). The van der Waals surface area contributed by atoms with Crippen molar-refractivity contribution in [2.24, 2.45) is 5.73 Å². The normalized spacial score (nSPS) is 10.0. The smallest absolute Gasteiger partial charge is 0.223 e. The number of oxazole rings is 1. The van der Waals surface area contributed by atoms with Gasteiger partial charge in [-0.25, -0.2) is 4.98 Å². The Bertz CT molecular complexity index is 278. The van der Waals surface area contributed by atoms with Gasteiger partial charge in [-0.1, -0.05) is 0 Å². The minimum Gasteiger partial charge on any atom is -0.446 e. The summed E-state index contributed by atoms with van der Waals surface area (Å²) in [4.78, 5) is 14.5. The van der Waals surface area contributed by atoms with Crippen LogP contribution in [0.2, 0.25) is 0 Å². The molecule has 1 amide bonds. The monoisotopic (exact) mass is 154 g/mol. The van der Waals surface area contributed by atoms with Crippen molar-refractivity contribution in [2.45, 2.75) is 20.3 Å². The molecular weight excluding hydrogens is 144 g/mol. The molecule has 0 radical (unpaired) electrons. The van der Waals surface area contributed by atoms with Gasteiger partial charge in [0.2, 0.25) is 5.91 Å². The molecule has 0 fully saturated rings. The van der Waals surface area contributed by atoms with E-state index in [0.717, 1.165) is 0 Å². The average molecular weight is 154 g/mol. The molecule has 0 atom stereocenters. The van der Waals surface area contributed by atoms with Crippen LogP contribution in [0.1, 0.15) is 17.3 Å². The van der Waals surface area contributed by atoms with Crippen LogP contribution in [0.3, 0.4) is 0 Å². The lowest BCUT2D eigenvalue weighted by Crippen LogP contribution is -2.14. The maximum absolute atomic E-state index is 10.5. The van der Waals surface area contributed by atoms with Crippen molar-refractivity contribution in [3.8, 4) is 0 Å². The van der Waals surface area contributed by atoms with Crippen molar-refractivity contribution in [1.82, 2.24) is 4.98 Å². The van der Waals surface area contributed by atoms with E-state index in [1.807, 2.05) is 0 Å². The molecule has 60 valence electrons. The molecule has 4 heteroatoms. The number of hydrogen-bond donors (Lipinski definition) is 1. The molecule has 4 nitrogen and oxygen atoms in total. The third-order valence-corrected chi connectivity index (χ3v) is 1.34. The van der Waals surface area contributed by atoms with E-state index in [4.69, 9.17) is 10.2 Å². The van der Waals surface area contributed by atoms with Gasteiger partial charge < -0.3 is 10.2 Å². The summed E-state index contributed by atoms with van der Waals surface area (Å²) in [5, 5.41) is 0. The highest BCUT2D eigenvalue weighted by molar-refractivity contribution is 5.76. The summed E-state index contributed by atoms with van der Waals surface area (Å²) < 4.78 is 5.10. The second-order valence-corrected chi connectivity index (χ2v) is 2.38. The van der Waals surface area contributed by atoms with Gasteiger partial charge in [0.15, 0.2) is 5.89 Å². The molecule has 0 unspecified atom stereocenters. The molecule has 2 N–H and O–H groups in total. The Kier molecular flexibility index (Phi) is 1.94. The molecule has 0 saturated heterocycles. The van der Waals surface area contributed by atoms with E-state index >= 15 is 0 Å². The number of primary amides is 1. The Labute approximate surface area is 64.4 Å². The highest BCUT2D eigenvalue weighted by Crippen LogP contribution is 2.08. The summed E-state index contributed by atoms with van der Waals surface area (Å²) in [6, 6.07) is 0. The van der Waals surface area contributed by atoms with Crippen LogP contribution < -0.4 is 5.73 Å². The first-order valence-corrected chi connectivity index (χ1v) is 3.31. The number of aryl methyl sites for hydroxylation is 2. The fourth-order valence-electron chi connectivity index (χ4n) is 0.901. The molecule has 1 aromatic heterocycles. The summed E-state index contributed by atoms with van der Waals surface area (Å²) in [5.41, 5.74) is 5.62. The van der Waals surface area contributed by atoms with Gasteiger partial charge in [0, 0.05) is 6.92 Å². The van der Waals surface area contributed by atoms with Crippen LogP contribution in [-0.4, -0.2) is 10.9 Å². The fourth-order valence-corrected chi connectivity index (χ4v) is 0.901. The number of carbonyl (C=O) groups excluding carboxylic acids is 1. The number of nitrogens with two attached hydrogens (primary N) is 1. The topological polar surface area (TPSA) is 69.1 Å². The molecule has 0 spiro atoms. The zero-order chi connectivity index (χ0) is 8.43. The summed E-state index contributed by atoms with van der Waals surface area (Å²) in [6.07, 6.45) is 0.156. The van der Waals surface area contributed by atoms with Crippen LogP contribution in [-0.2, 0) is 11.2 Å². The molecule has 0 aliphatic heterocycles. The Balaban J connectivity index is 2.85. The average Bonchev–Trinajstić information content (AvgIpc) is 2.09. The van der Waals surface area contributed by atoms with E-state index in [-0.39, 0.29) is 12.3 Å². The lowest BCUT2D eigenvalue weighted by Gasteiger charge is -1.89. The number of aromatic nitrogens is 1. The number of nitrogens with zero attached hydrogens (tertiary/aromatic N) is 1. The van der Waals surface area contributed by atoms with Crippen LogP contribution in [0.25, 0.3) is 0 Å². The highest BCUT2D eigenvalue weighted by Gasteiger charge is 2.08. The molecule has 1 heterocycles. The lowest BCUT2D eigenvalue weighted by atomic mass is 10.3. The predicted octanol–water partition coefficient (Wildman–Crippen LogP) is 0.319. The van der Waals surface area contributed by atoms with Crippen LogP contribution in [0.5, 0.6) is 0 Å². The number of carbonyl (C=O) groups is 1. The first-order chi connectivity index (χ1) is 5.09. The number of rotatable bonds is 2. The van der Waals surface area contributed by atoms with E-state index in [1.165, 1.54) is 0 Å². The van der Waals surface area contributed by atoms with E-state index < -0.39 is 0 Å². The molecule has 1 rings (SSSR count). The first kappa shape index (κ1) is 7.78. The van der Waals surface area contributed by atoms with Crippen molar-refractivity contribution < 1.29 is 9.21 Å². The Morgan fingerprint density at radius 1 is 1.64 bits per heavy atom. The summed E-state index contributed by atoms with van der Waals surface area (Å²) in [6.45, 7) is 3.50. The third-order valence-electron chi connectivity index (χ3n) is 1.34. The first-order valence-electron chi connectivity index (χ1n) is 3.31. The lowest BCUT2D eigenvalue weighted by molar-refractivity contribution is -0.117. The highest BCUT2D eigenvalue weighted by atomic mass is 16.4. The zero-order valence-corrected chi connectivity index (χ0v) is 6.55. The largest absolute Gasteiger partial charge is 0.446 e. The van der Waals surface area contributed by atoms with Crippen molar-refractivity contribution in [3.63, 3.8) is 0 Å². The van der Waals surface area contributed by atoms with Crippen molar-refractivity contribution in [1.29, 1.82) is 0 Å². The van der Waals surface area contributed by atoms with Crippen LogP contribution in [0.4, 0.5) is 0 Å². The number of hydrogen-bond acceptors (Lipinski definition) is 3. The second kappa shape index (κ2) is 2.74. The van der Waals surface area contributed by atoms with Gasteiger partial charge in [-0.2, -0.15) is 0 Å². The Hall–Kier alpha value is -1.32. The Morgan fingerprint density at radius 2 is 2.27 bits per heavy atom. The third kappa shape index (κ3) is 1.80. The summed E-state index contributed by atoms with van der Waals surface area (Å²) in [5.74, 6) is 0.849. The fraction of sp³-hybridized carbons (Fsp3) is 0.429. The van der Waals surface area contributed by atoms with Gasteiger partial charge in [-0.3, -0.25) is 4.79 Å². The van der Waals surface area contributed by atoms with Crippen LogP contribution >= 0.6 is 0 Å². The van der Waals surface area contributed by atoms with Gasteiger partial charge in [-0.15, -0.1) is 0 Å². The van der Waals surface area contributed by atoms with Crippen LogP contribution in [0, 0.1) is 13.8 Å². The molecule has 0 saturated carbocycles. The SMILES string of the molecule is Cc1nc(CC(N)=O)c(C)o1. The molecule has 1 aromatic rings. The number of amides is 1. The van der Waals surface area contributed by atoms with Crippen molar-refractivity contribution in [3.05, 3.63) is 17.3 Å². The minimum atomic E-state index is -0.388. The second-order valence-electron chi connectivity index (χ2n) is 2.38. The van der Waals surface area contributed by atoms with Crippen molar-refractivity contribution in [2.75, 3.05) is 0 Å². The molecule has 0 bridgehead atoms. The minimum absolute atomic E-state index is 0.156. The molecule has 0 aliphatic carbocycles. The molecular formula is C7H10N2O2. The van der Waals surface area contributed by atoms with Gasteiger partial charge >= 0.3 is 0 Å². The van der Waals surface area contributed by atoms with Gasteiger partial charge in [0.1, 0.15) is 5.76 Å². The van der Waals surface area contributed by atoms with Gasteiger partial charge in [0.25, 0.3) is 0 Å². The zero-order valence-electron chi connectivity index (χ0n) is 6.55. The van der Waals surface area contributed by atoms with E-state index in [2.05, 4.69) is 4.98 Å². The predicted molar refractivity (Wildman–Crippen MR) is 38.9 cm³/mol. The molecule has 0 aromatic carbocycles. The Morgan fingerprint density at radius 3 is 2.64 bits per heavy atom. The summed E-state index contributed by atoms with van der Waals surface area (Å²) in [7, 11) is 0. The van der Waals surface area contributed by atoms with Gasteiger partial charge in [0.05, 0.1) is 12.1 Å².